The molecule has 0 saturated carbocycles. The molecule has 2 heterocycles. The Morgan fingerprint density at radius 1 is 0.818 bits per heavy atom. The maximum Gasteiger partial charge on any atom is 0.430 e. The summed E-state index contributed by atoms with van der Waals surface area (Å²) >= 11 is 7.85. The molecule has 0 saturated heterocycles. The first-order valence-electron chi connectivity index (χ1n) is 12.6. The number of carboxylic acids is 1. The molecule has 0 aliphatic carbocycles. The van der Waals surface area contributed by atoms with Crippen LogP contribution in [0, 0.1) is 3.57 Å². The van der Waals surface area contributed by atoms with Crippen LogP contribution in [0.3, 0.4) is 0 Å². The summed E-state index contributed by atoms with van der Waals surface area (Å²) in [5.41, 5.74) is 0.837. The second-order valence-corrected chi connectivity index (χ2v) is 10.9. The summed E-state index contributed by atoms with van der Waals surface area (Å²) in [6.07, 6.45) is -12.1. The summed E-state index contributed by atoms with van der Waals surface area (Å²) in [5, 5.41) is 9.61. The molecular formula is C30H20ClF6IO6. The Labute approximate surface area is 265 Å². The van der Waals surface area contributed by atoms with Gasteiger partial charge in [-0.25, -0.2) is 9.59 Å². The van der Waals surface area contributed by atoms with Crippen LogP contribution in [-0.4, -0.2) is 48.2 Å². The zero-order valence-electron chi connectivity index (χ0n) is 22.3. The molecule has 3 aromatic rings. The van der Waals surface area contributed by atoms with Crippen molar-refractivity contribution in [3.8, 4) is 22.6 Å². The van der Waals surface area contributed by atoms with Gasteiger partial charge in [0.25, 0.3) is 0 Å². The lowest BCUT2D eigenvalue weighted by molar-refractivity contribution is -0.187. The van der Waals surface area contributed by atoms with E-state index in [1.807, 2.05) is 22.6 Å². The highest BCUT2D eigenvalue weighted by atomic mass is 127. The molecule has 2 unspecified atom stereocenters. The number of benzene rings is 3. The first kappa shape index (κ1) is 33.2. The molecule has 232 valence electrons. The molecule has 0 spiro atoms. The number of alkyl halides is 6. The lowest BCUT2D eigenvalue weighted by Gasteiger charge is -2.27. The van der Waals surface area contributed by atoms with Crippen molar-refractivity contribution in [1.82, 2.24) is 0 Å². The van der Waals surface area contributed by atoms with Gasteiger partial charge in [-0.05, 0) is 95.3 Å². The van der Waals surface area contributed by atoms with E-state index in [1.165, 1.54) is 25.1 Å². The number of hydrogen-bond donors (Lipinski definition) is 1. The number of fused-ring (bicyclic) bond motifs is 2. The van der Waals surface area contributed by atoms with Gasteiger partial charge in [0, 0.05) is 19.7 Å². The van der Waals surface area contributed by atoms with E-state index in [2.05, 4.69) is 4.74 Å². The molecule has 5 rings (SSSR count). The number of hydrogen-bond acceptors (Lipinski definition) is 5. The fourth-order valence-electron chi connectivity index (χ4n) is 4.24. The van der Waals surface area contributed by atoms with E-state index in [1.54, 1.807) is 48.5 Å². The zero-order chi connectivity index (χ0) is 32.4. The van der Waals surface area contributed by atoms with Crippen molar-refractivity contribution in [2.45, 2.75) is 31.5 Å². The molecule has 2 aliphatic heterocycles. The van der Waals surface area contributed by atoms with Crippen molar-refractivity contribution in [2.75, 3.05) is 6.61 Å². The minimum absolute atomic E-state index is 0.0000677. The van der Waals surface area contributed by atoms with E-state index in [0.717, 1.165) is 15.2 Å². The quantitative estimate of drug-likeness (QED) is 0.164. The first-order chi connectivity index (χ1) is 20.6. The van der Waals surface area contributed by atoms with Crippen LogP contribution in [0.5, 0.6) is 11.5 Å². The van der Waals surface area contributed by atoms with Crippen molar-refractivity contribution in [3.63, 3.8) is 0 Å². The van der Waals surface area contributed by atoms with E-state index in [9.17, 15) is 35.9 Å². The smallest absolute Gasteiger partial charge is 0.430 e. The third kappa shape index (κ3) is 7.67. The monoisotopic (exact) mass is 752 g/mol. The van der Waals surface area contributed by atoms with Gasteiger partial charge in [-0.1, -0.05) is 29.8 Å². The lowest BCUT2D eigenvalue weighted by atomic mass is 9.97. The highest BCUT2D eigenvalue weighted by molar-refractivity contribution is 14.1. The summed E-state index contributed by atoms with van der Waals surface area (Å²) in [5.74, 6) is -2.60. The van der Waals surface area contributed by atoms with Crippen LogP contribution < -0.4 is 9.47 Å². The minimum Gasteiger partial charge on any atom is -0.478 e. The molecule has 0 amide bonds. The van der Waals surface area contributed by atoms with Crippen molar-refractivity contribution in [2.24, 2.45) is 0 Å². The van der Waals surface area contributed by atoms with Gasteiger partial charge in [0.2, 0.25) is 12.2 Å². The molecule has 0 fully saturated rings. The van der Waals surface area contributed by atoms with E-state index < -0.39 is 47.6 Å². The molecule has 44 heavy (non-hydrogen) atoms. The molecular weight excluding hydrogens is 733 g/mol. The molecule has 2 aliphatic rings. The van der Waals surface area contributed by atoms with Gasteiger partial charge in [0.1, 0.15) is 11.5 Å². The Bertz CT molecular complexity index is 1630. The van der Waals surface area contributed by atoms with Crippen LogP contribution >= 0.6 is 34.2 Å². The second kappa shape index (κ2) is 13.1. The predicted molar refractivity (Wildman–Crippen MR) is 157 cm³/mol. The summed E-state index contributed by atoms with van der Waals surface area (Å²) in [7, 11) is 0. The van der Waals surface area contributed by atoms with Gasteiger partial charge in [-0.3, -0.25) is 0 Å². The fourth-order valence-corrected chi connectivity index (χ4v) is 4.88. The number of aliphatic carboxylic acids is 1. The summed E-state index contributed by atoms with van der Waals surface area (Å²) in [6, 6.07) is 16.2. The van der Waals surface area contributed by atoms with Crippen LogP contribution in [0.2, 0.25) is 5.02 Å². The summed E-state index contributed by atoms with van der Waals surface area (Å²) in [6.45, 7) is 1.53. The molecule has 3 aromatic carbocycles. The molecule has 0 radical (unpaired) electrons. The van der Waals surface area contributed by atoms with Gasteiger partial charge in [0.15, 0.2) is 0 Å². The molecule has 14 heteroatoms. The first-order valence-corrected chi connectivity index (χ1v) is 14.0. The fraction of sp³-hybridized carbons (Fsp3) is 0.200. The number of halogens is 8. The Morgan fingerprint density at radius 2 is 1.32 bits per heavy atom. The van der Waals surface area contributed by atoms with Gasteiger partial charge < -0.3 is 19.3 Å². The normalized spacial score (nSPS) is 17.3. The molecule has 0 aromatic heterocycles. The standard InChI is InChI=1S/C17H10ClF3O3.C13H10F3IO3/c18-12-4-1-9(2-5-12)10-3-6-14-11(7-10)8-13(16(22)23)15(24-14)17(19,20)21;1-2-19-12(18)9-6-7-5-8(17)3-4-10(7)20-11(9)13(14,15)16/h1-8,15H,(H,22,23);3-6,11H,2H2,1H3. The topological polar surface area (TPSA) is 82.1 Å². The number of carboxylic acid groups (broad SMARTS) is 1. The second-order valence-electron chi connectivity index (χ2n) is 9.25. The average Bonchev–Trinajstić information content (AvgIpc) is 2.95. The van der Waals surface area contributed by atoms with Crippen LogP contribution in [0.25, 0.3) is 23.3 Å². The van der Waals surface area contributed by atoms with Gasteiger partial charge >= 0.3 is 24.3 Å². The molecule has 0 bridgehead atoms. The number of carbonyl (C=O) groups is 2. The zero-order valence-corrected chi connectivity index (χ0v) is 25.2. The Hall–Kier alpha value is -3.72. The van der Waals surface area contributed by atoms with E-state index in [0.29, 0.717) is 16.1 Å². The van der Waals surface area contributed by atoms with Crippen LogP contribution in [0.1, 0.15) is 18.1 Å². The van der Waals surface area contributed by atoms with Crippen molar-refractivity contribution in [3.05, 3.63) is 91.5 Å². The summed E-state index contributed by atoms with van der Waals surface area (Å²) < 4.78 is 93.2. The van der Waals surface area contributed by atoms with E-state index >= 15 is 0 Å². The van der Waals surface area contributed by atoms with Crippen molar-refractivity contribution < 1.29 is 55.2 Å². The maximum atomic E-state index is 13.0. The Balaban J connectivity index is 0.000000204. The van der Waals surface area contributed by atoms with Gasteiger partial charge in [-0.2, -0.15) is 26.3 Å². The SMILES string of the molecule is CCOC(=O)C1=Cc2cc(I)ccc2OC1C(F)(F)F.O=C(O)C1=Cc2cc(-c3ccc(Cl)cc3)ccc2OC1C(F)(F)F. The minimum atomic E-state index is -4.81. The third-order valence-corrected chi connectivity index (χ3v) is 7.11. The van der Waals surface area contributed by atoms with Crippen LogP contribution in [-0.2, 0) is 14.3 Å². The molecule has 6 nitrogen and oxygen atoms in total. The largest absolute Gasteiger partial charge is 0.478 e. The van der Waals surface area contributed by atoms with Crippen LogP contribution in [0.15, 0.2) is 71.8 Å². The number of ether oxygens (including phenoxy) is 3. The van der Waals surface area contributed by atoms with E-state index in [-0.39, 0.29) is 23.7 Å². The number of carbonyl (C=O) groups excluding carboxylic acids is 1. The number of rotatable bonds is 4. The van der Waals surface area contributed by atoms with Crippen molar-refractivity contribution in [1.29, 1.82) is 0 Å². The third-order valence-electron chi connectivity index (χ3n) is 6.19. The highest BCUT2D eigenvalue weighted by Gasteiger charge is 2.49. The molecule has 2 atom stereocenters. The Morgan fingerprint density at radius 3 is 1.86 bits per heavy atom. The van der Waals surface area contributed by atoms with Crippen molar-refractivity contribution >= 4 is 58.3 Å². The summed E-state index contributed by atoms with van der Waals surface area (Å²) in [4.78, 5) is 22.8. The molecule has 1 N–H and O–H groups in total. The average molecular weight is 753 g/mol. The highest BCUT2D eigenvalue weighted by Crippen LogP contribution is 2.40. The Kier molecular flexibility index (Phi) is 9.88. The van der Waals surface area contributed by atoms with Crippen LogP contribution in [0.4, 0.5) is 26.3 Å². The van der Waals surface area contributed by atoms with E-state index in [4.69, 9.17) is 26.2 Å². The lowest BCUT2D eigenvalue weighted by Crippen LogP contribution is -2.40. The van der Waals surface area contributed by atoms with Gasteiger partial charge in [0.05, 0.1) is 17.8 Å². The van der Waals surface area contributed by atoms with Gasteiger partial charge in [-0.15, -0.1) is 0 Å². The maximum absolute atomic E-state index is 13.0. The number of esters is 1. The predicted octanol–water partition coefficient (Wildman–Crippen LogP) is 8.36.